The van der Waals surface area contributed by atoms with E-state index in [2.05, 4.69) is 10.3 Å². The van der Waals surface area contributed by atoms with Gasteiger partial charge in [-0.3, -0.25) is 9.10 Å². The van der Waals surface area contributed by atoms with E-state index in [9.17, 15) is 13.2 Å². The summed E-state index contributed by atoms with van der Waals surface area (Å²) in [6, 6.07) is 11.7. The second-order valence-electron chi connectivity index (χ2n) is 6.29. The quantitative estimate of drug-likeness (QED) is 0.746. The number of oxazole rings is 1. The number of rotatable bonds is 3. The minimum absolute atomic E-state index is 0.289. The van der Waals surface area contributed by atoms with Gasteiger partial charge >= 0.3 is 10.2 Å². The van der Waals surface area contributed by atoms with E-state index in [0.29, 0.717) is 41.1 Å². The molecule has 4 rings (SSSR count). The van der Waals surface area contributed by atoms with Gasteiger partial charge < -0.3 is 9.73 Å². The molecule has 0 saturated carbocycles. The molecule has 1 N–H and O–H groups in total. The Balaban J connectivity index is 1.52. The number of hydrogen-bond donors (Lipinski definition) is 1. The van der Waals surface area contributed by atoms with Crippen molar-refractivity contribution in [3.8, 4) is 0 Å². The summed E-state index contributed by atoms with van der Waals surface area (Å²) in [7, 11) is -1.94. The average molecular weight is 386 g/mol. The van der Waals surface area contributed by atoms with Gasteiger partial charge in [0.15, 0.2) is 12.0 Å². The molecule has 2 aromatic carbocycles. The Morgan fingerprint density at radius 2 is 1.93 bits per heavy atom. The predicted molar refractivity (Wildman–Crippen MR) is 102 cm³/mol. The summed E-state index contributed by atoms with van der Waals surface area (Å²) in [4.78, 5) is 16.5. The van der Waals surface area contributed by atoms with E-state index < -0.39 is 10.2 Å². The van der Waals surface area contributed by atoms with Gasteiger partial charge in [-0.15, -0.1) is 0 Å². The highest BCUT2D eigenvalue weighted by atomic mass is 32.2. The number of fused-ring (bicyclic) bond motifs is 1. The number of anilines is 2. The first-order valence-electron chi connectivity index (χ1n) is 8.44. The van der Waals surface area contributed by atoms with Crippen molar-refractivity contribution in [1.29, 1.82) is 0 Å². The number of nitrogens with zero attached hydrogens (tertiary/aromatic N) is 3. The Hall–Kier alpha value is -2.91. The highest BCUT2D eigenvalue weighted by Crippen LogP contribution is 2.24. The predicted octanol–water partition coefficient (Wildman–Crippen LogP) is 2.47. The summed E-state index contributed by atoms with van der Waals surface area (Å²) < 4.78 is 32.7. The number of amides is 1. The van der Waals surface area contributed by atoms with E-state index in [1.807, 2.05) is 0 Å². The lowest BCUT2D eigenvalue weighted by atomic mass is 10.2. The number of carbonyl (C=O) groups excluding carboxylic acids is 1. The monoisotopic (exact) mass is 386 g/mol. The third-order valence-corrected chi connectivity index (χ3v) is 6.43. The van der Waals surface area contributed by atoms with Crippen LogP contribution in [0.2, 0.25) is 0 Å². The zero-order chi connectivity index (χ0) is 19.0. The van der Waals surface area contributed by atoms with Gasteiger partial charge in [0.05, 0.1) is 5.69 Å². The average Bonchev–Trinajstić information content (AvgIpc) is 3.12. The maximum Gasteiger partial charge on any atom is 0.303 e. The molecule has 1 amide bonds. The van der Waals surface area contributed by atoms with Crippen LogP contribution in [0.5, 0.6) is 0 Å². The summed E-state index contributed by atoms with van der Waals surface area (Å²) in [5.74, 6) is -0.289. The van der Waals surface area contributed by atoms with Crippen molar-refractivity contribution in [2.45, 2.75) is 6.42 Å². The van der Waals surface area contributed by atoms with Crippen LogP contribution in [0.3, 0.4) is 0 Å². The summed E-state index contributed by atoms with van der Waals surface area (Å²) in [6.45, 7) is 0.936. The van der Waals surface area contributed by atoms with Crippen LogP contribution in [-0.2, 0) is 10.2 Å². The van der Waals surface area contributed by atoms with Crippen LogP contribution in [0, 0.1) is 0 Å². The molecule has 0 radical (unpaired) electrons. The van der Waals surface area contributed by atoms with E-state index in [1.54, 1.807) is 49.5 Å². The molecule has 3 aromatic rings. The number of benzene rings is 2. The lowest BCUT2D eigenvalue weighted by Gasteiger charge is -2.33. The molecule has 9 heteroatoms. The molecule has 0 spiro atoms. The van der Waals surface area contributed by atoms with Crippen molar-refractivity contribution in [3.05, 3.63) is 54.4 Å². The molecule has 1 aromatic heterocycles. The molecule has 0 atom stereocenters. The fraction of sp³-hybridized carbons (Fsp3) is 0.222. The van der Waals surface area contributed by atoms with Crippen LogP contribution >= 0.6 is 0 Å². The zero-order valence-electron chi connectivity index (χ0n) is 14.6. The van der Waals surface area contributed by atoms with E-state index in [4.69, 9.17) is 4.42 Å². The molecule has 0 aliphatic carbocycles. The standard InChI is InChI=1S/C18H18N4O4S/c1-21-9-2-10-22(27(21,24)25)15-6-3-13(4-7-15)18(23)20-14-5-8-17-16(11-14)19-12-26-17/h3-8,11-12H,2,9-10H2,1H3,(H,20,23). The molecule has 0 unspecified atom stereocenters. The molecule has 2 heterocycles. The first kappa shape index (κ1) is 17.5. The third kappa shape index (κ3) is 3.26. The smallest absolute Gasteiger partial charge is 0.303 e. The molecule has 8 nitrogen and oxygen atoms in total. The van der Waals surface area contributed by atoms with Gasteiger partial charge in [0, 0.05) is 31.4 Å². The lowest BCUT2D eigenvalue weighted by molar-refractivity contribution is 0.102. The Labute approximate surface area is 156 Å². The maximum absolute atomic E-state index is 12.5. The SMILES string of the molecule is CN1CCCN(c2ccc(C(=O)Nc3ccc4ocnc4c3)cc2)S1(=O)=O. The van der Waals surface area contributed by atoms with Crippen molar-refractivity contribution < 1.29 is 17.6 Å². The van der Waals surface area contributed by atoms with E-state index in [0.717, 1.165) is 6.42 Å². The van der Waals surface area contributed by atoms with Gasteiger partial charge in [-0.1, -0.05) is 0 Å². The topological polar surface area (TPSA) is 95.8 Å². The maximum atomic E-state index is 12.5. The number of nitrogens with one attached hydrogen (secondary N) is 1. The Morgan fingerprint density at radius 3 is 2.70 bits per heavy atom. The van der Waals surface area contributed by atoms with E-state index in [1.165, 1.54) is 15.0 Å². The van der Waals surface area contributed by atoms with Gasteiger partial charge in [0.1, 0.15) is 5.52 Å². The van der Waals surface area contributed by atoms with Crippen LogP contribution in [0.1, 0.15) is 16.8 Å². The molecule has 0 bridgehead atoms. The number of carbonyl (C=O) groups is 1. The summed E-state index contributed by atoms with van der Waals surface area (Å²) in [5, 5.41) is 2.80. The summed E-state index contributed by atoms with van der Waals surface area (Å²) in [6.07, 6.45) is 2.10. The normalized spacial score (nSPS) is 17.1. The fourth-order valence-electron chi connectivity index (χ4n) is 3.02. The van der Waals surface area contributed by atoms with Crippen molar-refractivity contribution in [1.82, 2.24) is 9.29 Å². The number of aromatic nitrogens is 1. The molecule has 1 aliphatic rings. The highest BCUT2D eigenvalue weighted by molar-refractivity contribution is 7.90. The Morgan fingerprint density at radius 1 is 1.15 bits per heavy atom. The van der Waals surface area contributed by atoms with Crippen LogP contribution < -0.4 is 9.62 Å². The molecule has 27 heavy (non-hydrogen) atoms. The second kappa shape index (κ2) is 6.67. The fourth-order valence-corrected chi connectivity index (χ4v) is 4.46. The minimum Gasteiger partial charge on any atom is -0.443 e. The molecule has 1 saturated heterocycles. The summed E-state index contributed by atoms with van der Waals surface area (Å²) in [5.41, 5.74) is 2.88. The lowest BCUT2D eigenvalue weighted by Crippen LogP contribution is -2.47. The number of hydrogen-bond acceptors (Lipinski definition) is 5. The first-order valence-corrected chi connectivity index (χ1v) is 9.83. The van der Waals surface area contributed by atoms with Crippen LogP contribution in [-0.4, -0.2) is 43.8 Å². The van der Waals surface area contributed by atoms with Crippen LogP contribution in [0.15, 0.2) is 53.3 Å². The molecule has 140 valence electrons. The van der Waals surface area contributed by atoms with Crippen LogP contribution in [0.25, 0.3) is 11.1 Å². The first-order chi connectivity index (χ1) is 12.9. The summed E-state index contributed by atoms with van der Waals surface area (Å²) >= 11 is 0. The van der Waals surface area contributed by atoms with Crippen LogP contribution in [0.4, 0.5) is 11.4 Å². The van der Waals surface area contributed by atoms with Gasteiger partial charge in [0.25, 0.3) is 5.91 Å². The van der Waals surface area contributed by atoms with Crippen molar-refractivity contribution >= 4 is 38.6 Å². The van der Waals surface area contributed by atoms with Crippen molar-refractivity contribution in [3.63, 3.8) is 0 Å². The minimum atomic E-state index is -3.50. The van der Waals surface area contributed by atoms with Gasteiger partial charge in [-0.2, -0.15) is 12.7 Å². The molecule has 1 fully saturated rings. The van der Waals surface area contributed by atoms with E-state index in [-0.39, 0.29) is 5.91 Å². The van der Waals surface area contributed by atoms with Gasteiger partial charge in [0.2, 0.25) is 0 Å². The van der Waals surface area contributed by atoms with Gasteiger partial charge in [-0.25, -0.2) is 4.98 Å². The van der Waals surface area contributed by atoms with Gasteiger partial charge in [-0.05, 0) is 48.9 Å². The highest BCUT2D eigenvalue weighted by Gasteiger charge is 2.30. The Bertz CT molecular complexity index is 1090. The molecule has 1 aliphatic heterocycles. The van der Waals surface area contributed by atoms with Crippen molar-refractivity contribution in [2.24, 2.45) is 0 Å². The molecular formula is C18H18N4O4S. The van der Waals surface area contributed by atoms with Crippen molar-refractivity contribution in [2.75, 3.05) is 29.8 Å². The largest absolute Gasteiger partial charge is 0.443 e. The molecular weight excluding hydrogens is 368 g/mol. The third-order valence-electron chi connectivity index (χ3n) is 4.51. The second-order valence-corrected chi connectivity index (χ2v) is 8.25. The zero-order valence-corrected chi connectivity index (χ0v) is 15.4. The van der Waals surface area contributed by atoms with E-state index >= 15 is 0 Å². The Kier molecular flexibility index (Phi) is 4.33.